The van der Waals surface area contributed by atoms with E-state index in [-0.39, 0.29) is 11.8 Å². The monoisotopic (exact) mass is 293 g/mol. The maximum atomic E-state index is 11.2. The minimum atomic E-state index is -0.735. The van der Waals surface area contributed by atoms with E-state index < -0.39 is 5.97 Å². The molecule has 6 nitrogen and oxygen atoms in total. The summed E-state index contributed by atoms with van der Waals surface area (Å²) in [5, 5.41) is 12.4. The van der Waals surface area contributed by atoms with Gasteiger partial charge in [-0.15, -0.1) is 0 Å². The number of methoxy groups -OCH3 is 1. The lowest BCUT2D eigenvalue weighted by atomic mass is 9.72. The zero-order chi connectivity index (χ0) is 15.3. The van der Waals surface area contributed by atoms with Crippen molar-refractivity contribution in [2.45, 2.75) is 45.4 Å². The molecule has 1 saturated carbocycles. The normalized spacial score (nSPS) is 17.2. The van der Waals surface area contributed by atoms with Crippen LogP contribution >= 0.6 is 0 Å². The lowest BCUT2D eigenvalue weighted by Gasteiger charge is -2.36. The Morgan fingerprint density at radius 3 is 2.71 bits per heavy atom. The van der Waals surface area contributed by atoms with Crippen molar-refractivity contribution in [1.82, 2.24) is 9.97 Å². The van der Waals surface area contributed by atoms with Gasteiger partial charge in [0.15, 0.2) is 0 Å². The van der Waals surface area contributed by atoms with E-state index in [1.54, 1.807) is 13.2 Å². The van der Waals surface area contributed by atoms with Crippen molar-refractivity contribution in [3.8, 4) is 5.88 Å². The van der Waals surface area contributed by atoms with E-state index in [1.165, 1.54) is 6.42 Å². The van der Waals surface area contributed by atoms with E-state index >= 15 is 0 Å². The SMILES string of the molecule is COc1cc(C)nc(NCC2(CC(=O)O)CCCCC2)n1. The van der Waals surface area contributed by atoms with Crippen molar-refractivity contribution in [1.29, 1.82) is 0 Å². The molecule has 1 heterocycles. The van der Waals surface area contributed by atoms with Crippen molar-refractivity contribution < 1.29 is 14.6 Å². The molecule has 2 N–H and O–H groups in total. The van der Waals surface area contributed by atoms with E-state index in [0.29, 0.717) is 18.4 Å². The molecule has 0 radical (unpaired) electrons. The largest absolute Gasteiger partial charge is 0.481 e. The standard InChI is InChI=1S/C15H23N3O3/c1-11-8-12(21-2)18-14(17-11)16-10-15(9-13(19)20)6-4-3-5-7-15/h8H,3-7,9-10H2,1-2H3,(H,19,20)(H,16,17,18). The average molecular weight is 293 g/mol. The first kappa shape index (κ1) is 15.5. The van der Waals surface area contributed by atoms with E-state index in [2.05, 4.69) is 15.3 Å². The molecule has 1 aliphatic rings. The molecule has 0 atom stereocenters. The maximum Gasteiger partial charge on any atom is 0.303 e. The van der Waals surface area contributed by atoms with E-state index in [4.69, 9.17) is 4.74 Å². The summed E-state index contributed by atoms with van der Waals surface area (Å²) in [7, 11) is 1.57. The Bertz CT molecular complexity index is 499. The first-order valence-electron chi connectivity index (χ1n) is 7.38. The summed E-state index contributed by atoms with van der Waals surface area (Å²) in [5.41, 5.74) is 0.630. The van der Waals surface area contributed by atoms with Gasteiger partial charge in [0.25, 0.3) is 0 Å². The molecule has 0 spiro atoms. The van der Waals surface area contributed by atoms with Gasteiger partial charge in [-0.2, -0.15) is 4.98 Å². The van der Waals surface area contributed by atoms with Crippen LogP contribution in [0, 0.1) is 12.3 Å². The summed E-state index contributed by atoms with van der Waals surface area (Å²) >= 11 is 0. The van der Waals surface area contributed by atoms with Gasteiger partial charge < -0.3 is 15.2 Å². The van der Waals surface area contributed by atoms with E-state index in [1.807, 2.05) is 6.92 Å². The fraction of sp³-hybridized carbons (Fsp3) is 0.667. The van der Waals surface area contributed by atoms with Crippen molar-refractivity contribution in [2.75, 3.05) is 19.0 Å². The minimum Gasteiger partial charge on any atom is -0.481 e. The summed E-state index contributed by atoms with van der Waals surface area (Å²) in [4.78, 5) is 19.7. The first-order chi connectivity index (χ1) is 10.0. The third-order valence-electron chi connectivity index (χ3n) is 4.10. The number of hydrogen-bond donors (Lipinski definition) is 2. The first-order valence-corrected chi connectivity index (χ1v) is 7.38. The van der Waals surface area contributed by atoms with Gasteiger partial charge in [0.2, 0.25) is 11.8 Å². The van der Waals surface area contributed by atoms with Crippen LogP contribution in [-0.4, -0.2) is 34.7 Å². The second-order valence-corrected chi connectivity index (χ2v) is 5.86. The van der Waals surface area contributed by atoms with Gasteiger partial charge in [-0.05, 0) is 25.2 Å². The molecular weight excluding hydrogens is 270 g/mol. The molecule has 0 bridgehead atoms. The summed E-state index contributed by atoms with van der Waals surface area (Å²) < 4.78 is 5.13. The van der Waals surface area contributed by atoms with Crippen LogP contribution in [0.2, 0.25) is 0 Å². The summed E-state index contributed by atoms with van der Waals surface area (Å²) in [6.07, 6.45) is 5.45. The highest BCUT2D eigenvalue weighted by Crippen LogP contribution is 2.39. The number of aliphatic carboxylic acids is 1. The Morgan fingerprint density at radius 1 is 1.38 bits per heavy atom. The molecule has 1 aromatic heterocycles. The number of rotatable bonds is 6. The van der Waals surface area contributed by atoms with Crippen LogP contribution in [0.25, 0.3) is 0 Å². The van der Waals surface area contributed by atoms with Gasteiger partial charge >= 0.3 is 5.97 Å². The summed E-state index contributed by atoms with van der Waals surface area (Å²) in [6, 6.07) is 1.76. The number of carbonyl (C=O) groups is 1. The summed E-state index contributed by atoms with van der Waals surface area (Å²) in [6.45, 7) is 2.47. The molecule has 0 saturated heterocycles. The van der Waals surface area contributed by atoms with Crippen LogP contribution in [0.15, 0.2) is 6.07 Å². The molecule has 0 aliphatic heterocycles. The van der Waals surface area contributed by atoms with Crippen molar-refractivity contribution in [2.24, 2.45) is 5.41 Å². The fourth-order valence-corrected chi connectivity index (χ4v) is 3.03. The lowest BCUT2D eigenvalue weighted by molar-refractivity contribution is -0.140. The van der Waals surface area contributed by atoms with E-state index in [0.717, 1.165) is 31.4 Å². The van der Waals surface area contributed by atoms with Gasteiger partial charge in [-0.1, -0.05) is 19.3 Å². The summed E-state index contributed by atoms with van der Waals surface area (Å²) in [5.74, 6) is 0.282. The molecule has 116 valence electrons. The van der Waals surface area contributed by atoms with Crippen molar-refractivity contribution in [3.63, 3.8) is 0 Å². The molecule has 0 aromatic carbocycles. The van der Waals surface area contributed by atoms with Crippen molar-refractivity contribution >= 4 is 11.9 Å². The molecule has 6 heteroatoms. The lowest BCUT2D eigenvalue weighted by Crippen LogP contribution is -2.34. The second kappa shape index (κ2) is 6.74. The van der Waals surface area contributed by atoms with Crippen LogP contribution in [0.4, 0.5) is 5.95 Å². The van der Waals surface area contributed by atoms with Crippen LogP contribution in [0.3, 0.4) is 0 Å². The number of carboxylic acid groups (broad SMARTS) is 1. The van der Waals surface area contributed by atoms with Crippen LogP contribution < -0.4 is 10.1 Å². The number of anilines is 1. The predicted molar refractivity (Wildman–Crippen MR) is 79.6 cm³/mol. The number of carboxylic acids is 1. The maximum absolute atomic E-state index is 11.2. The molecule has 0 amide bonds. The van der Waals surface area contributed by atoms with E-state index in [9.17, 15) is 9.90 Å². The van der Waals surface area contributed by atoms with Crippen LogP contribution in [0.1, 0.15) is 44.2 Å². The van der Waals surface area contributed by atoms with Crippen molar-refractivity contribution in [3.05, 3.63) is 11.8 Å². The second-order valence-electron chi connectivity index (χ2n) is 5.86. The number of ether oxygens (including phenoxy) is 1. The predicted octanol–water partition coefficient (Wildman–Crippen LogP) is 2.63. The molecular formula is C15H23N3O3. The smallest absolute Gasteiger partial charge is 0.303 e. The number of aromatic nitrogens is 2. The quantitative estimate of drug-likeness (QED) is 0.838. The third-order valence-corrected chi connectivity index (χ3v) is 4.10. The van der Waals surface area contributed by atoms with Gasteiger partial charge in [0, 0.05) is 18.3 Å². The number of aryl methyl sites for hydroxylation is 1. The Labute approximate surface area is 124 Å². The Morgan fingerprint density at radius 2 is 2.10 bits per heavy atom. The van der Waals surface area contributed by atoms with Gasteiger partial charge in [0.1, 0.15) is 0 Å². The van der Waals surface area contributed by atoms with Gasteiger partial charge in [-0.25, -0.2) is 4.98 Å². The molecule has 1 aromatic rings. The minimum absolute atomic E-state index is 0.190. The Balaban J connectivity index is 2.07. The van der Waals surface area contributed by atoms with Gasteiger partial charge in [0.05, 0.1) is 13.5 Å². The average Bonchev–Trinajstić information content (AvgIpc) is 2.45. The highest BCUT2D eigenvalue weighted by Gasteiger charge is 2.34. The molecule has 0 unspecified atom stereocenters. The van der Waals surface area contributed by atoms with Gasteiger partial charge in [-0.3, -0.25) is 4.79 Å². The zero-order valence-corrected chi connectivity index (χ0v) is 12.7. The number of hydrogen-bond acceptors (Lipinski definition) is 5. The molecule has 21 heavy (non-hydrogen) atoms. The fourth-order valence-electron chi connectivity index (χ4n) is 3.03. The zero-order valence-electron chi connectivity index (χ0n) is 12.7. The Kier molecular flexibility index (Phi) is 4.98. The highest BCUT2D eigenvalue weighted by molar-refractivity contribution is 5.67. The molecule has 2 rings (SSSR count). The third kappa shape index (κ3) is 4.31. The topological polar surface area (TPSA) is 84.3 Å². The Hall–Kier alpha value is -1.85. The van der Waals surface area contributed by atoms with Crippen LogP contribution in [0.5, 0.6) is 5.88 Å². The molecule has 1 fully saturated rings. The number of nitrogens with zero attached hydrogens (tertiary/aromatic N) is 2. The molecule has 1 aliphatic carbocycles. The number of nitrogens with one attached hydrogen (secondary N) is 1. The highest BCUT2D eigenvalue weighted by atomic mass is 16.5. The van der Waals surface area contributed by atoms with Crippen LogP contribution in [-0.2, 0) is 4.79 Å².